The number of nitrogens with one attached hydrogen (secondary N) is 2. The summed E-state index contributed by atoms with van der Waals surface area (Å²) in [5, 5.41) is 4.52. The van der Waals surface area contributed by atoms with E-state index < -0.39 is 0 Å². The number of fused-ring (bicyclic) bond motifs is 1. The molecule has 2 N–H and O–H groups in total. The molecule has 0 bridgehead atoms. The van der Waals surface area contributed by atoms with Crippen molar-refractivity contribution in [2.24, 2.45) is 5.92 Å². The van der Waals surface area contributed by atoms with Crippen LogP contribution in [-0.4, -0.2) is 39.9 Å². The average Bonchev–Trinajstić information content (AvgIpc) is 3.43. The number of piperidine rings is 1. The minimum Gasteiger partial charge on any atom is -0.477 e. The largest absolute Gasteiger partial charge is 0.477 e. The number of aromatic amines is 1. The standard InChI is InChI=1S/C17H22N4O2S.ClH/c22-17-13-3-4-15(23-9-11-1-2-11)21-16(13)19-14(20-17)10-24-12-5-7-18-8-6-12;/h3-4,11-12,18H,1-2,5-10H2,(H,19,20,21,22);1H. The lowest BCUT2D eigenvalue weighted by atomic mass is 10.2. The van der Waals surface area contributed by atoms with E-state index in [-0.39, 0.29) is 18.0 Å². The number of halogens is 1. The van der Waals surface area contributed by atoms with Gasteiger partial charge in [0.05, 0.1) is 17.7 Å². The molecule has 1 saturated carbocycles. The Morgan fingerprint density at radius 1 is 1.16 bits per heavy atom. The summed E-state index contributed by atoms with van der Waals surface area (Å²) in [5.74, 6) is 2.64. The van der Waals surface area contributed by atoms with Gasteiger partial charge >= 0.3 is 0 Å². The lowest BCUT2D eigenvalue weighted by Crippen LogP contribution is -2.29. The summed E-state index contributed by atoms with van der Waals surface area (Å²) in [6.07, 6.45) is 4.81. The van der Waals surface area contributed by atoms with Crippen LogP contribution in [0.1, 0.15) is 31.5 Å². The van der Waals surface area contributed by atoms with Crippen LogP contribution in [0.15, 0.2) is 16.9 Å². The lowest BCUT2D eigenvalue weighted by Gasteiger charge is -2.21. The molecular formula is C17H23ClN4O2S. The highest BCUT2D eigenvalue weighted by Crippen LogP contribution is 2.29. The van der Waals surface area contributed by atoms with Crippen LogP contribution in [0.3, 0.4) is 0 Å². The van der Waals surface area contributed by atoms with E-state index in [1.165, 1.54) is 25.7 Å². The lowest BCUT2D eigenvalue weighted by molar-refractivity contribution is 0.289. The molecule has 4 rings (SSSR count). The van der Waals surface area contributed by atoms with E-state index in [0.717, 1.165) is 13.1 Å². The SMILES string of the molecule is Cl.O=c1[nH]c(CSC2CCNCC2)nc2nc(OCC3CC3)ccc12. The predicted octanol–water partition coefficient (Wildman–Crippen LogP) is 2.51. The van der Waals surface area contributed by atoms with Gasteiger partial charge in [0.15, 0.2) is 5.65 Å². The van der Waals surface area contributed by atoms with Crippen LogP contribution in [0.25, 0.3) is 11.0 Å². The number of pyridine rings is 1. The van der Waals surface area contributed by atoms with E-state index in [1.54, 1.807) is 12.1 Å². The van der Waals surface area contributed by atoms with Gasteiger partial charge < -0.3 is 15.0 Å². The van der Waals surface area contributed by atoms with Gasteiger partial charge in [-0.05, 0) is 50.8 Å². The highest BCUT2D eigenvalue weighted by atomic mass is 35.5. The quantitative estimate of drug-likeness (QED) is 0.799. The molecule has 2 aromatic heterocycles. The van der Waals surface area contributed by atoms with E-state index in [4.69, 9.17) is 4.74 Å². The van der Waals surface area contributed by atoms with Gasteiger partial charge in [0.2, 0.25) is 5.88 Å². The Morgan fingerprint density at radius 2 is 1.96 bits per heavy atom. The topological polar surface area (TPSA) is 79.9 Å². The second-order valence-corrected chi connectivity index (χ2v) is 7.84. The summed E-state index contributed by atoms with van der Waals surface area (Å²) in [5.41, 5.74) is 0.357. The summed E-state index contributed by atoms with van der Waals surface area (Å²) in [6.45, 7) is 2.85. The Hall–Kier alpha value is -1.31. The Kier molecular flexibility index (Phi) is 6.19. The van der Waals surface area contributed by atoms with Crippen molar-refractivity contribution in [3.8, 4) is 5.88 Å². The molecule has 0 amide bonds. The summed E-state index contributed by atoms with van der Waals surface area (Å²) in [6, 6.07) is 3.51. The van der Waals surface area contributed by atoms with Gasteiger partial charge in [0, 0.05) is 11.3 Å². The van der Waals surface area contributed by atoms with Crippen LogP contribution < -0.4 is 15.6 Å². The molecule has 6 nitrogen and oxygen atoms in total. The zero-order chi connectivity index (χ0) is 16.4. The van der Waals surface area contributed by atoms with Crippen molar-refractivity contribution in [3.63, 3.8) is 0 Å². The van der Waals surface area contributed by atoms with Gasteiger partial charge in [-0.25, -0.2) is 4.98 Å². The number of ether oxygens (including phenoxy) is 1. The summed E-state index contributed by atoms with van der Waals surface area (Å²) in [7, 11) is 0. The first-order valence-corrected chi connectivity index (χ1v) is 9.68. The van der Waals surface area contributed by atoms with Crippen molar-refractivity contribution in [3.05, 3.63) is 28.3 Å². The summed E-state index contributed by atoms with van der Waals surface area (Å²) in [4.78, 5) is 24.1. The van der Waals surface area contributed by atoms with Crippen molar-refractivity contribution in [2.75, 3.05) is 19.7 Å². The molecule has 0 atom stereocenters. The zero-order valence-electron chi connectivity index (χ0n) is 14.0. The maximum absolute atomic E-state index is 12.2. The molecule has 0 unspecified atom stereocenters. The molecule has 1 saturated heterocycles. The number of H-pyrrole nitrogens is 1. The smallest absolute Gasteiger partial charge is 0.260 e. The zero-order valence-corrected chi connectivity index (χ0v) is 15.6. The number of aromatic nitrogens is 3. The number of thioether (sulfide) groups is 1. The van der Waals surface area contributed by atoms with Gasteiger partial charge in [-0.2, -0.15) is 16.7 Å². The molecule has 0 spiro atoms. The molecule has 1 aliphatic heterocycles. The van der Waals surface area contributed by atoms with E-state index in [0.29, 0.717) is 46.3 Å². The Bertz CT molecular complexity index is 775. The first-order chi connectivity index (χ1) is 11.8. The predicted molar refractivity (Wildman–Crippen MR) is 103 cm³/mol. The van der Waals surface area contributed by atoms with Crippen molar-refractivity contribution >= 4 is 35.2 Å². The van der Waals surface area contributed by atoms with Crippen LogP contribution >= 0.6 is 24.2 Å². The summed E-state index contributed by atoms with van der Waals surface area (Å²) >= 11 is 1.86. The van der Waals surface area contributed by atoms with Crippen molar-refractivity contribution in [2.45, 2.75) is 36.7 Å². The fraction of sp³-hybridized carbons (Fsp3) is 0.588. The van der Waals surface area contributed by atoms with Crippen LogP contribution in [0.4, 0.5) is 0 Å². The Morgan fingerprint density at radius 3 is 2.72 bits per heavy atom. The number of hydrogen-bond acceptors (Lipinski definition) is 6. The number of rotatable bonds is 6. The molecule has 2 aliphatic rings. The molecule has 2 aromatic rings. The minimum absolute atomic E-state index is 0. The second-order valence-electron chi connectivity index (χ2n) is 6.55. The molecule has 8 heteroatoms. The molecule has 1 aliphatic carbocycles. The first kappa shape index (κ1) is 18.5. The van der Waals surface area contributed by atoms with Gasteiger partial charge in [0.1, 0.15) is 5.82 Å². The van der Waals surface area contributed by atoms with Crippen molar-refractivity contribution in [1.82, 2.24) is 20.3 Å². The maximum atomic E-state index is 12.2. The van der Waals surface area contributed by atoms with Crippen LogP contribution in [0.5, 0.6) is 5.88 Å². The Labute approximate surface area is 157 Å². The second kappa shape index (κ2) is 8.38. The first-order valence-electron chi connectivity index (χ1n) is 8.63. The van der Waals surface area contributed by atoms with Gasteiger partial charge in [-0.1, -0.05) is 0 Å². The molecule has 136 valence electrons. The van der Waals surface area contributed by atoms with Gasteiger partial charge in [-0.3, -0.25) is 4.79 Å². The minimum atomic E-state index is -0.123. The third-order valence-electron chi connectivity index (χ3n) is 4.50. The van der Waals surface area contributed by atoms with E-state index in [9.17, 15) is 4.79 Å². The van der Waals surface area contributed by atoms with Gasteiger partial charge in [-0.15, -0.1) is 12.4 Å². The summed E-state index contributed by atoms with van der Waals surface area (Å²) < 4.78 is 5.70. The van der Waals surface area contributed by atoms with Gasteiger partial charge in [0.25, 0.3) is 5.56 Å². The van der Waals surface area contributed by atoms with Crippen LogP contribution in [-0.2, 0) is 5.75 Å². The van der Waals surface area contributed by atoms with Crippen LogP contribution in [0, 0.1) is 5.92 Å². The normalized spacial score (nSPS) is 18.1. The molecule has 0 radical (unpaired) electrons. The molecular weight excluding hydrogens is 360 g/mol. The van der Waals surface area contributed by atoms with E-state index in [2.05, 4.69) is 20.3 Å². The molecule has 2 fully saturated rings. The molecule has 25 heavy (non-hydrogen) atoms. The highest BCUT2D eigenvalue weighted by Gasteiger charge is 2.22. The molecule has 3 heterocycles. The highest BCUT2D eigenvalue weighted by molar-refractivity contribution is 7.99. The maximum Gasteiger partial charge on any atom is 0.260 e. The fourth-order valence-electron chi connectivity index (χ4n) is 2.84. The van der Waals surface area contributed by atoms with Crippen LogP contribution in [0.2, 0.25) is 0 Å². The third kappa shape index (κ3) is 4.86. The van der Waals surface area contributed by atoms with E-state index in [1.807, 2.05) is 11.8 Å². The average molecular weight is 383 g/mol. The van der Waals surface area contributed by atoms with Crippen molar-refractivity contribution in [1.29, 1.82) is 0 Å². The van der Waals surface area contributed by atoms with E-state index >= 15 is 0 Å². The third-order valence-corrected chi connectivity index (χ3v) is 5.88. The number of nitrogens with zero attached hydrogens (tertiary/aromatic N) is 2. The number of hydrogen-bond donors (Lipinski definition) is 2. The molecule has 0 aromatic carbocycles. The Balaban J connectivity index is 0.00000182. The monoisotopic (exact) mass is 382 g/mol. The fourth-order valence-corrected chi connectivity index (χ4v) is 3.94. The van der Waals surface area contributed by atoms with Crippen molar-refractivity contribution < 1.29 is 4.74 Å².